The topological polar surface area (TPSA) is 30.3 Å². The van der Waals surface area contributed by atoms with Crippen molar-refractivity contribution >= 4 is 15.9 Å². The fraction of sp³-hybridized carbons (Fsp3) is 0.357. The summed E-state index contributed by atoms with van der Waals surface area (Å²) in [7, 11) is 2.13. The average Bonchev–Trinajstić information content (AvgIpc) is 2.86. The first-order valence-electron chi connectivity index (χ1n) is 6.32. The van der Waals surface area contributed by atoms with Gasteiger partial charge in [0.2, 0.25) is 0 Å². The molecule has 0 spiro atoms. The molecule has 1 aliphatic heterocycles. The maximum Gasteiger partial charge on any atom is 0.124 e. The van der Waals surface area contributed by atoms with E-state index in [0.29, 0.717) is 0 Å². The smallest absolute Gasteiger partial charge is 0.124 e. The number of morpholine rings is 1. The number of imidazole rings is 1. The molecule has 2 heterocycles. The Hall–Kier alpha value is -1.17. The lowest BCUT2D eigenvalue weighted by Gasteiger charge is -2.30. The summed E-state index contributed by atoms with van der Waals surface area (Å²) in [4.78, 5) is 6.46. The van der Waals surface area contributed by atoms with Gasteiger partial charge in [-0.25, -0.2) is 4.98 Å². The molecule has 0 amide bonds. The number of ether oxygens (including phenoxy) is 1. The van der Waals surface area contributed by atoms with Crippen LogP contribution in [0.4, 0.5) is 0 Å². The largest absolute Gasteiger partial charge is 0.371 e. The Bertz CT molecular complexity index is 552. The van der Waals surface area contributed by atoms with Gasteiger partial charge in [-0.05, 0) is 40.7 Å². The molecule has 1 unspecified atom stereocenters. The Morgan fingerprint density at radius 2 is 2.11 bits per heavy atom. The van der Waals surface area contributed by atoms with Gasteiger partial charge in [0.1, 0.15) is 10.9 Å². The number of halogens is 1. The molecule has 4 nitrogen and oxygen atoms in total. The number of likely N-dealkylation sites (N-methyl/N-ethyl adjacent to an activating group) is 1. The fourth-order valence-corrected chi connectivity index (χ4v) is 2.59. The van der Waals surface area contributed by atoms with Crippen molar-refractivity contribution in [1.82, 2.24) is 14.5 Å². The molecule has 19 heavy (non-hydrogen) atoms. The molecule has 2 aromatic rings. The lowest BCUT2D eigenvalue weighted by Crippen LogP contribution is -2.35. The van der Waals surface area contributed by atoms with Crippen LogP contribution in [0.5, 0.6) is 0 Å². The van der Waals surface area contributed by atoms with E-state index in [9.17, 15) is 0 Å². The van der Waals surface area contributed by atoms with Crippen LogP contribution in [0.3, 0.4) is 0 Å². The van der Waals surface area contributed by atoms with E-state index in [4.69, 9.17) is 4.74 Å². The predicted octanol–water partition coefficient (Wildman–Crippen LogP) is 2.64. The van der Waals surface area contributed by atoms with Crippen molar-refractivity contribution in [3.8, 4) is 5.69 Å². The first-order chi connectivity index (χ1) is 9.22. The second kappa shape index (κ2) is 5.45. The summed E-state index contributed by atoms with van der Waals surface area (Å²) in [6.07, 6.45) is 3.92. The molecule has 1 aromatic heterocycles. The lowest BCUT2D eigenvalue weighted by atomic mass is 10.1. The van der Waals surface area contributed by atoms with Gasteiger partial charge in [-0.15, -0.1) is 0 Å². The number of hydrogen-bond donors (Lipinski definition) is 0. The van der Waals surface area contributed by atoms with Crippen LogP contribution in [0.15, 0.2) is 41.4 Å². The molecule has 3 rings (SSSR count). The zero-order valence-corrected chi connectivity index (χ0v) is 12.4. The van der Waals surface area contributed by atoms with Gasteiger partial charge in [-0.2, -0.15) is 0 Å². The molecular weight excluding hydrogens is 306 g/mol. The van der Waals surface area contributed by atoms with Crippen LogP contribution in [0.2, 0.25) is 0 Å². The molecule has 1 fully saturated rings. The third-order valence-electron chi connectivity index (χ3n) is 3.38. The second-order valence-corrected chi connectivity index (χ2v) is 5.63. The molecule has 0 bridgehead atoms. The van der Waals surface area contributed by atoms with Gasteiger partial charge >= 0.3 is 0 Å². The number of benzene rings is 1. The van der Waals surface area contributed by atoms with Crippen molar-refractivity contribution < 1.29 is 4.74 Å². The van der Waals surface area contributed by atoms with Crippen LogP contribution in [0.1, 0.15) is 11.7 Å². The fourth-order valence-electron chi connectivity index (χ4n) is 2.28. The summed E-state index contributed by atoms with van der Waals surface area (Å²) in [6, 6.07) is 8.46. The SMILES string of the molecule is CN1CCOC(c2ccc(-n3cnc(Br)c3)cc2)C1. The first kappa shape index (κ1) is 12.8. The monoisotopic (exact) mass is 321 g/mol. The molecule has 5 heteroatoms. The van der Waals surface area contributed by atoms with Crippen molar-refractivity contribution in [1.29, 1.82) is 0 Å². The Morgan fingerprint density at radius 3 is 2.74 bits per heavy atom. The summed E-state index contributed by atoms with van der Waals surface area (Å²) in [5, 5.41) is 0. The highest BCUT2D eigenvalue weighted by atomic mass is 79.9. The highest BCUT2D eigenvalue weighted by molar-refractivity contribution is 9.10. The Labute approximate surface area is 121 Å². The van der Waals surface area contributed by atoms with Crippen molar-refractivity contribution in [2.75, 3.05) is 26.7 Å². The van der Waals surface area contributed by atoms with Gasteiger partial charge in [0.05, 0.1) is 12.7 Å². The van der Waals surface area contributed by atoms with Crippen LogP contribution in [0.25, 0.3) is 5.69 Å². The maximum absolute atomic E-state index is 5.82. The van der Waals surface area contributed by atoms with Crippen LogP contribution < -0.4 is 0 Å². The second-order valence-electron chi connectivity index (χ2n) is 4.82. The highest BCUT2D eigenvalue weighted by Gasteiger charge is 2.19. The standard InChI is InChI=1S/C14H16BrN3O/c1-17-6-7-19-13(8-17)11-2-4-12(5-3-11)18-9-14(15)16-10-18/h2-5,9-10,13H,6-8H2,1H3. The van der Waals surface area contributed by atoms with E-state index in [2.05, 4.69) is 57.1 Å². The molecular formula is C14H16BrN3O. The van der Waals surface area contributed by atoms with Crippen LogP contribution in [0, 0.1) is 0 Å². The van der Waals surface area contributed by atoms with Crippen molar-refractivity contribution in [3.63, 3.8) is 0 Å². The maximum atomic E-state index is 5.82. The normalized spacial score (nSPS) is 20.6. The average molecular weight is 322 g/mol. The van der Waals surface area contributed by atoms with Gasteiger partial charge < -0.3 is 14.2 Å². The minimum absolute atomic E-state index is 0.183. The van der Waals surface area contributed by atoms with E-state index < -0.39 is 0 Å². The van der Waals surface area contributed by atoms with Gasteiger partial charge in [-0.1, -0.05) is 12.1 Å². The highest BCUT2D eigenvalue weighted by Crippen LogP contribution is 2.23. The van der Waals surface area contributed by atoms with E-state index in [0.717, 1.165) is 30.0 Å². The number of rotatable bonds is 2. The van der Waals surface area contributed by atoms with Gasteiger partial charge in [0.15, 0.2) is 0 Å². The zero-order chi connectivity index (χ0) is 13.2. The number of nitrogens with zero attached hydrogens (tertiary/aromatic N) is 3. The summed E-state index contributed by atoms with van der Waals surface area (Å²) < 4.78 is 8.65. The lowest BCUT2D eigenvalue weighted by molar-refractivity contribution is -0.0208. The summed E-state index contributed by atoms with van der Waals surface area (Å²) in [5.74, 6) is 0. The van der Waals surface area contributed by atoms with E-state index in [1.165, 1.54) is 5.56 Å². The molecule has 1 aromatic carbocycles. The van der Waals surface area contributed by atoms with Crippen molar-refractivity contribution in [2.45, 2.75) is 6.10 Å². The molecule has 1 atom stereocenters. The molecule has 0 N–H and O–H groups in total. The summed E-state index contributed by atoms with van der Waals surface area (Å²) in [6.45, 7) is 2.77. The minimum Gasteiger partial charge on any atom is -0.371 e. The molecule has 100 valence electrons. The predicted molar refractivity (Wildman–Crippen MR) is 77.5 cm³/mol. The Morgan fingerprint density at radius 1 is 1.32 bits per heavy atom. The Balaban J connectivity index is 1.78. The van der Waals surface area contributed by atoms with Crippen LogP contribution >= 0.6 is 15.9 Å². The molecule has 0 aliphatic carbocycles. The third-order valence-corrected chi connectivity index (χ3v) is 3.79. The van der Waals surface area contributed by atoms with Crippen molar-refractivity contribution in [2.24, 2.45) is 0 Å². The number of hydrogen-bond acceptors (Lipinski definition) is 3. The van der Waals surface area contributed by atoms with E-state index >= 15 is 0 Å². The van der Waals surface area contributed by atoms with Crippen molar-refractivity contribution in [3.05, 3.63) is 47.0 Å². The van der Waals surface area contributed by atoms with E-state index in [1.807, 2.05) is 10.8 Å². The van der Waals surface area contributed by atoms with Gasteiger partial charge in [0, 0.05) is 25.0 Å². The first-order valence-corrected chi connectivity index (χ1v) is 7.11. The third kappa shape index (κ3) is 2.88. The summed E-state index contributed by atoms with van der Waals surface area (Å²) >= 11 is 3.36. The number of aromatic nitrogens is 2. The van der Waals surface area contributed by atoms with Crippen LogP contribution in [-0.4, -0.2) is 41.2 Å². The molecule has 0 saturated carbocycles. The molecule has 1 saturated heterocycles. The molecule has 1 aliphatic rings. The van der Waals surface area contributed by atoms with Gasteiger partial charge in [-0.3, -0.25) is 0 Å². The minimum atomic E-state index is 0.183. The van der Waals surface area contributed by atoms with Crippen LogP contribution in [-0.2, 0) is 4.74 Å². The van der Waals surface area contributed by atoms with Gasteiger partial charge in [0.25, 0.3) is 0 Å². The summed E-state index contributed by atoms with van der Waals surface area (Å²) in [5.41, 5.74) is 2.33. The Kier molecular flexibility index (Phi) is 3.68. The zero-order valence-electron chi connectivity index (χ0n) is 10.8. The van der Waals surface area contributed by atoms with E-state index in [-0.39, 0.29) is 6.10 Å². The quantitative estimate of drug-likeness (QED) is 0.851. The van der Waals surface area contributed by atoms with E-state index in [1.54, 1.807) is 6.33 Å². The molecule has 0 radical (unpaired) electrons.